The molecule has 26 heavy (non-hydrogen) atoms. The fraction of sp³-hybridized carbons (Fsp3) is 0.467. The predicted molar refractivity (Wildman–Crippen MR) is 92.1 cm³/mol. The van der Waals surface area contributed by atoms with Crippen LogP contribution in [0.2, 0.25) is 0 Å². The Morgan fingerprint density at radius 3 is 2.69 bits per heavy atom. The first-order chi connectivity index (χ1) is 12.1. The van der Waals surface area contributed by atoms with Crippen LogP contribution in [0.4, 0.5) is 13.2 Å². The summed E-state index contributed by atoms with van der Waals surface area (Å²) in [4.78, 5) is 11.6. The molecule has 1 aliphatic heterocycles. The van der Waals surface area contributed by atoms with Gasteiger partial charge in [0.25, 0.3) is 5.91 Å². The number of nitrogens with two attached hydrogens (primary N) is 1. The quantitative estimate of drug-likeness (QED) is 0.808. The fourth-order valence-corrected chi connectivity index (χ4v) is 5.67. The van der Waals surface area contributed by atoms with Crippen molar-refractivity contribution in [3.05, 3.63) is 30.0 Å². The van der Waals surface area contributed by atoms with Gasteiger partial charge in [-0.1, -0.05) is 18.2 Å². The Kier molecular flexibility index (Phi) is 4.84. The standard InChI is InChI=1S/C15H16F3N3O3S2/c16-15(17,18)14(23,12-9-3-1-2-4-11(9)25-20-12)6-8-26(24)7-5-10(19)13(22)21-26/h1-4,10,23H,5-8,19H2/t10-,14-,26?/m0/s1. The highest BCUT2D eigenvalue weighted by Crippen LogP contribution is 2.44. The smallest absolute Gasteiger partial charge is 0.375 e. The van der Waals surface area contributed by atoms with E-state index in [9.17, 15) is 27.3 Å². The van der Waals surface area contributed by atoms with Gasteiger partial charge in [-0.15, -0.1) is 0 Å². The minimum atomic E-state index is -5.03. The van der Waals surface area contributed by atoms with E-state index < -0.39 is 51.3 Å². The molecule has 2 heterocycles. The third kappa shape index (κ3) is 3.36. The number of rotatable bonds is 4. The summed E-state index contributed by atoms with van der Waals surface area (Å²) < 4.78 is 61.6. The number of aromatic nitrogens is 1. The number of nitrogens with zero attached hydrogens (tertiary/aromatic N) is 2. The third-order valence-electron chi connectivity index (χ3n) is 4.34. The molecule has 1 amide bonds. The van der Waals surface area contributed by atoms with Crippen molar-refractivity contribution in [2.24, 2.45) is 10.1 Å². The van der Waals surface area contributed by atoms with E-state index in [1.54, 1.807) is 18.2 Å². The van der Waals surface area contributed by atoms with Crippen molar-refractivity contribution in [3.8, 4) is 0 Å². The van der Waals surface area contributed by atoms with Crippen LogP contribution in [-0.2, 0) is 20.1 Å². The number of carbonyl (C=O) groups excluding carboxylic acids is 1. The normalized spacial score (nSPS) is 26.5. The molecular weight excluding hydrogens is 391 g/mol. The van der Waals surface area contributed by atoms with Crippen molar-refractivity contribution in [3.63, 3.8) is 0 Å². The molecule has 11 heteroatoms. The highest BCUT2D eigenvalue weighted by atomic mass is 32.2. The van der Waals surface area contributed by atoms with Gasteiger partial charge < -0.3 is 10.8 Å². The Hall–Kier alpha value is -1.56. The van der Waals surface area contributed by atoms with E-state index in [-0.39, 0.29) is 17.6 Å². The molecule has 0 bridgehead atoms. The van der Waals surface area contributed by atoms with Crippen molar-refractivity contribution in [2.75, 3.05) is 11.5 Å². The van der Waals surface area contributed by atoms with E-state index in [1.165, 1.54) is 6.07 Å². The average molecular weight is 407 g/mol. The molecule has 142 valence electrons. The molecule has 0 aliphatic carbocycles. The molecule has 1 unspecified atom stereocenters. The van der Waals surface area contributed by atoms with Crippen LogP contribution in [0.5, 0.6) is 0 Å². The van der Waals surface area contributed by atoms with Crippen LogP contribution in [0.25, 0.3) is 10.1 Å². The summed E-state index contributed by atoms with van der Waals surface area (Å²) in [6, 6.07) is 5.37. The zero-order chi connectivity index (χ0) is 19.2. The van der Waals surface area contributed by atoms with Gasteiger partial charge in [0.2, 0.25) is 5.60 Å². The van der Waals surface area contributed by atoms with Gasteiger partial charge >= 0.3 is 6.18 Å². The second-order valence-electron chi connectivity index (χ2n) is 6.14. The number of amides is 1. The number of fused-ring (bicyclic) bond motifs is 1. The summed E-state index contributed by atoms with van der Waals surface area (Å²) in [7, 11) is -3.20. The molecule has 3 N–H and O–H groups in total. The van der Waals surface area contributed by atoms with E-state index in [1.807, 2.05) is 0 Å². The molecule has 2 aromatic rings. The number of hydrogen-bond donors (Lipinski definition) is 2. The van der Waals surface area contributed by atoms with Gasteiger partial charge in [0.05, 0.1) is 20.5 Å². The minimum absolute atomic E-state index is 0.0777. The maximum Gasteiger partial charge on any atom is 0.423 e. The molecule has 0 spiro atoms. The molecule has 3 atom stereocenters. The van der Waals surface area contributed by atoms with Gasteiger partial charge in [-0.2, -0.15) is 21.9 Å². The van der Waals surface area contributed by atoms with Crippen molar-refractivity contribution in [1.29, 1.82) is 0 Å². The second kappa shape index (κ2) is 6.55. The lowest BCUT2D eigenvalue weighted by Gasteiger charge is -2.30. The Labute approximate surface area is 151 Å². The molecule has 3 rings (SSSR count). The monoisotopic (exact) mass is 407 g/mol. The van der Waals surface area contributed by atoms with Crippen molar-refractivity contribution >= 4 is 37.3 Å². The highest BCUT2D eigenvalue weighted by molar-refractivity contribution is 7.93. The van der Waals surface area contributed by atoms with Crippen LogP contribution < -0.4 is 5.73 Å². The number of carbonyl (C=O) groups is 1. The van der Waals surface area contributed by atoms with E-state index >= 15 is 0 Å². The molecule has 1 aliphatic rings. The predicted octanol–water partition coefficient (Wildman–Crippen LogP) is 2.16. The summed E-state index contributed by atoms with van der Waals surface area (Å²) in [5, 5.41) is 10.7. The molecule has 0 saturated carbocycles. The molecular formula is C15H16F3N3O3S2. The summed E-state index contributed by atoms with van der Waals surface area (Å²) >= 11 is 0.843. The van der Waals surface area contributed by atoms with Gasteiger partial charge in [0, 0.05) is 23.3 Å². The van der Waals surface area contributed by atoms with Crippen LogP contribution in [0.3, 0.4) is 0 Å². The summed E-state index contributed by atoms with van der Waals surface area (Å²) in [6.45, 7) is 0. The first-order valence-corrected chi connectivity index (χ1v) is 10.3. The summed E-state index contributed by atoms with van der Waals surface area (Å²) in [5.74, 6) is -1.44. The van der Waals surface area contributed by atoms with Crippen LogP contribution in [0.1, 0.15) is 18.5 Å². The van der Waals surface area contributed by atoms with Crippen LogP contribution in [0, 0.1) is 0 Å². The van der Waals surface area contributed by atoms with Gasteiger partial charge in [-0.05, 0) is 24.0 Å². The maximum absolute atomic E-state index is 13.7. The maximum atomic E-state index is 13.7. The second-order valence-corrected chi connectivity index (χ2v) is 9.49. The SMILES string of the molecule is N[C@H]1CCS(=O)(CC[C@](O)(c2nsc3ccccc23)C(F)(F)F)=NC1=O. The van der Waals surface area contributed by atoms with Crippen molar-refractivity contribution in [2.45, 2.75) is 30.7 Å². The molecule has 0 saturated heterocycles. The van der Waals surface area contributed by atoms with Gasteiger partial charge in [0.1, 0.15) is 5.69 Å². The Morgan fingerprint density at radius 2 is 2.04 bits per heavy atom. The van der Waals surface area contributed by atoms with E-state index in [0.717, 1.165) is 11.5 Å². The largest absolute Gasteiger partial charge is 0.423 e. The Bertz CT molecular complexity index is 966. The lowest BCUT2D eigenvalue weighted by molar-refractivity contribution is -0.268. The zero-order valence-corrected chi connectivity index (χ0v) is 15.0. The molecule has 0 fully saturated rings. The van der Waals surface area contributed by atoms with Gasteiger partial charge in [-0.3, -0.25) is 4.79 Å². The molecule has 1 aromatic heterocycles. The minimum Gasteiger partial charge on any atom is -0.375 e. The van der Waals surface area contributed by atoms with Gasteiger partial charge in [-0.25, -0.2) is 4.21 Å². The van der Waals surface area contributed by atoms with Crippen LogP contribution in [0.15, 0.2) is 28.6 Å². The lowest BCUT2D eigenvalue weighted by atomic mass is 9.93. The number of hydrogen-bond acceptors (Lipinski definition) is 6. The zero-order valence-electron chi connectivity index (χ0n) is 13.4. The van der Waals surface area contributed by atoms with Crippen molar-refractivity contribution in [1.82, 2.24) is 4.37 Å². The first kappa shape index (κ1) is 19.2. The van der Waals surface area contributed by atoms with E-state index in [2.05, 4.69) is 8.74 Å². The summed E-state index contributed by atoms with van der Waals surface area (Å²) in [5.41, 5.74) is 1.68. The van der Waals surface area contributed by atoms with Crippen molar-refractivity contribution < 1.29 is 27.3 Å². The third-order valence-corrected chi connectivity index (χ3v) is 7.40. The Morgan fingerprint density at radius 1 is 1.35 bits per heavy atom. The molecule has 6 nitrogen and oxygen atoms in total. The first-order valence-electron chi connectivity index (χ1n) is 7.72. The van der Waals surface area contributed by atoms with Crippen LogP contribution >= 0.6 is 11.5 Å². The Balaban J connectivity index is 1.99. The molecule has 0 radical (unpaired) electrons. The highest BCUT2D eigenvalue weighted by Gasteiger charge is 2.57. The van der Waals surface area contributed by atoms with Gasteiger partial charge in [0.15, 0.2) is 0 Å². The lowest BCUT2D eigenvalue weighted by Crippen LogP contribution is -2.45. The van der Waals surface area contributed by atoms with Crippen LogP contribution in [-0.4, -0.2) is 43.3 Å². The number of alkyl halides is 3. The number of aliphatic hydroxyl groups is 1. The average Bonchev–Trinajstić information content (AvgIpc) is 3.00. The number of benzene rings is 1. The topological polar surface area (TPSA) is 106 Å². The molecule has 1 aromatic carbocycles. The number of halogens is 3. The fourth-order valence-electron chi connectivity index (χ4n) is 2.75. The summed E-state index contributed by atoms with van der Waals surface area (Å²) in [6.07, 6.45) is -5.85. The van der Waals surface area contributed by atoms with E-state index in [0.29, 0.717) is 4.70 Å². The van der Waals surface area contributed by atoms with E-state index in [4.69, 9.17) is 5.73 Å².